The molecule has 0 aromatic carbocycles. The summed E-state index contributed by atoms with van der Waals surface area (Å²) in [5.74, 6) is -76.6. The van der Waals surface area contributed by atoms with Gasteiger partial charge in [0.15, 0.2) is 0 Å². The molecule has 0 radical (unpaired) electrons. The zero-order valence-electron chi connectivity index (χ0n) is 19.3. The third kappa shape index (κ3) is 5.74. The molecular formula is C17H9F21O4. The maximum Gasteiger partial charge on any atom is 0.467 e. The van der Waals surface area contributed by atoms with Crippen LogP contribution in [0.5, 0.6) is 0 Å². The first kappa shape index (κ1) is 39.2. The van der Waals surface area contributed by atoms with Crippen molar-refractivity contribution in [3.05, 3.63) is 12.2 Å². The minimum atomic E-state index is -9.32. The number of hydrogen-bond donors (Lipinski definition) is 0. The largest absolute Gasteiger partial charge is 0.467 e. The molecule has 0 aliphatic carbocycles. The zero-order chi connectivity index (χ0) is 34.6. The van der Waals surface area contributed by atoms with Crippen molar-refractivity contribution in [2.45, 2.75) is 79.6 Å². The molecule has 248 valence electrons. The van der Waals surface area contributed by atoms with E-state index in [9.17, 15) is 102 Å². The van der Waals surface area contributed by atoms with E-state index in [1.54, 1.807) is 0 Å². The number of esters is 2. The van der Waals surface area contributed by atoms with Crippen LogP contribution in [0.25, 0.3) is 0 Å². The molecule has 0 bridgehead atoms. The van der Waals surface area contributed by atoms with Gasteiger partial charge in [-0.25, -0.2) is 9.59 Å². The maximum absolute atomic E-state index is 14.2. The van der Waals surface area contributed by atoms with Crippen LogP contribution in [0.3, 0.4) is 0 Å². The summed E-state index contributed by atoms with van der Waals surface area (Å²) in [7, 11) is 0. The average molecular weight is 676 g/mol. The van der Waals surface area contributed by atoms with Crippen molar-refractivity contribution in [2.75, 3.05) is 0 Å². The molecule has 0 spiro atoms. The van der Waals surface area contributed by atoms with Gasteiger partial charge in [0.2, 0.25) is 0 Å². The molecule has 0 saturated carbocycles. The Morgan fingerprint density at radius 2 is 0.738 bits per heavy atom. The number of rotatable bonds is 11. The number of alkyl halides is 21. The van der Waals surface area contributed by atoms with E-state index in [1.165, 1.54) is 0 Å². The van der Waals surface area contributed by atoms with Gasteiger partial charge in [-0.15, -0.1) is 0 Å². The fourth-order valence-corrected chi connectivity index (χ4v) is 2.25. The molecule has 0 N–H and O–H groups in total. The quantitative estimate of drug-likeness (QED) is 0.131. The summed E-state index contributed by atoms with van der Waals surface area (Å²) in [4.78, 5) is 22.3. The third-order valence-electron chi connectivity index (χ3n) is 4.44. The summed E-state index contributed by atoms with van der Waals surface area (Å²) < 4.78 is 285. The van der Waals surface area contributed by atoms with Gasteiger partial charge in [0.05, 0.1) is 6.10 Å². The minimum Gasteiger partial charge on any atom is -0.460 e. The number of halogens is 21. The summed E-state index contributed by atoms with van der Waals surface area (Å²) in [6.45, 7) is 2.12. The molecular weight excluding hydrogens is 667 g/mol. The molecule has 0 fully saturated rings. The summed E-state index contributed by atoms with van der Waals surface area (Å²) in [6, 6.07) is 0. The van der Waals surface area contributed by atoms with Crippen molar-refractivity contribution in [1.29, 1.82) is 0 Å². The van der Waals surface area contributed by atoms with Crippen LogP contribution in [0.15, 0.2) is 12.2 Å². The molecule has 0 aliphatic rings. The molecule has 25 heteroatoms. The van der Waals surface area contributed by atoms with Gasteiger partial charge in [0.25, 0.3) is 0 Å². The molecule has 1 unspecified atom stereocenters. The van der Waals surface area contributed by atoms with Crippen LogP contribution in [0.4, 0.5) is 92.2 Å². The Morgan fingerprint density at radius 3 is 1.02 bits per heavy atom. The Hall–Kier alpha value is -2.79. The first-order chi connectivity index (χ1) is 18.0. The van der Waals surface area contributed by atoms with E-state index in [0.29, 0.717) is 0 Å². The lowest BCUT2D eigenvalue weighted by Gasteiger charge is -2.44. The molecule has 0 aromatic rings. The second-order valence-corrected chi connectivity index (χ2v) is 7.85. The maximum atomic E-state index is 14.2. The Kier molecular flexibility index (Phi) is 10.0. The van der Waals surface area contributed by atoms with E-state index < -0.39 is 89.9 Å². The summed E-state index contributed by atoms with van der Waals surface area (Å²) in [5.41, 5.74) is 0. The summed E-state index contributed by atoms with van der Waals surface area (Å²) in [5, 5.41) is 0. The fraction of sp³-hybridized carbons (Fsp3) is 0.765. The van der Waals surface area contributed by atoms with E-state index in [0.717, 1.165) is 13.8 Å². The Bertz CT molecular complexity index is 1040. The average Bonchev–Trinajstić information content (AvgIpc) is 2.74. The number of carbonyl (C=O) groups is 2. The van der Waals surface area contributed by atoms with Crippen LogP contribution in [0, 0.1) is 0 Å². The molecule has 4 nitrogen and oxygen atoms in total. The molecule has 0 rings (SSSR count). The minimum absolute atomic E-state index is 0.415. The van der Waals surface area contributed by atoms with Gasteiger partial charge in [-0.1, -0.05) is 0 Å². The highest BCUT2D eigenvalue weighted by molar-refractivity contribution is 5.91. The van der Waals surface area contributed by atoms with Crippen LogP contribution < -0.4 is 0 Å². The Morgan fingerprint density at radius 1 is 0.452 bits per heavy atom. The van der Waals surface area contributed by atoms with Crippen molar-refractivity contribution >= 4 is 11.9 Å². The van der Waals surface area contributed by atoms with Crippen molar-refractivity contribution < 1.29 is 111 Å². The highest BCUT2D eigenvalue weighted by Crippen LogP contribution is 2.66. The van der Waals surface area contributed by atoms with E-state index in [-0.39, 0.29) is 0 Å². The lowest BCUT2D eigenvalue weighted by atomic mass is 9.87. The summed E-state index contributed by atoms with van der Waals surface area (Å²) in [6.07, 6.45) is -18.4. The standard InChI is InChI=1S/C17H9F21O4/c1-5(2)41-6(39)3-4-7(40)42-15(32,17(36,37)38)13(28,29)11(24,25)9(20,21)8(18,19)10(22,23)12(26,27)14(30,31)16(33,34)35/h3-5H,1-2H3. The Labute approximate surface area is 216 Å². The number of ether oxygens (including phenoxy) is 2. The van der Waals surface area contributed by atoms with Gasteiger partial charge < -0.3 is 9.47 Å². The van der Waals surface area contributed by atoms with Gasteiger partial charge >= 0.3 is 71.6 Å². The molecule has 0 amide bonds. The molecule has 42 heavy (non-hydrogen) atoms. The molecule has 0 aliphatic heterocycles. The van der Waals surface area contributed by atoms with Crippen molar-refractivity contribution in [1.82, 2.24) is 0 Å². The number of hydrogen-bond acceptors (Lipinski definition) is 4. The molecule has 0 heterocycles. The van der Waals surface area contributed by atoms with Crippen LogP contribution in [-0.4, -0.2) is 77.7 Å². The van der Waals surface area contributed by atoms with Crippen molar-refractivity contribution in [3.8, 4) is 0 Å². The lowest BCUT2D eigenvalue weighted by Crippen LogP contribution is -2.77. The molecule has 1 atom stereocenters. The third-order valence-corrected chi connectivity index (χ3v) is 4.44. The Balaban J connectivity index is 7.10. The molecule has 0 saturated heterocycles. The zero-order valence-corrected chi connectivity index (χ0v) is 19.3. The van der Waals surface area contributed by atoms with Crippen LogP contribution >= 0.6 is 0 Å². The second kappa shape index (κ2) is 10.7. The van der Waals surface area contributed by atoms with Crippen LogP contribution in [-0.2, 0) is 19.1 Å². The van der Waals surface area contributed by atoms with E-state index in [4.69, 9.17) is 0 Å². The van der Waals surface area contributed by atoms with Gasteiger partial charge in [0, 0.05) is 12.2 Å². The van der Waals surface area contributed by atoms with Gasteiger partial charge in [0.1, 0.15) is 0 Å². The van der Waals surface area contributed by atoms with Crippen molar-refractivity contribution in [3.63, 3.8) is 0 Å². The predicted molar refractivity (Wildman–Crippen MR) is 87.0 cm³/mol. The van der Waals surface area contributed by atoms with Gasteiger partial charge in [-0.3, -0.25) is 0 Å². The first-order valence-electron chi connectivity index (χ1n) is 9.54. The summed E-state index contributed by atoms with van der Waals surface area (Å²) >= 11 is 0. The predicted octanol–water partition coefficient (Wildman–Crippen LogP) is 7.27. The lowest BCUT2D eigenvalue weighted by molar-refractivity contribution is -0.484. The fourth-order valence-electron chi connectivity index (χ4n) is 2.25. The first-order valence-corrected chi connectivity index (χ1v) is 9.54. The highest BCUT2D eigenvalue weighted by atomic mass is 19.4. The topological polar surface area (TPSA) is 52.6 Å². The van der Waals surface area contributed by atoms with E-state index in [2.05, 4.69) is 9.47 Å². The van der Waals surface area contributed by atoms with Gasteiger partial charge in [-0.2, -0.15) is 92.2 Å². The smallest absolute Gasteiger partial charge is 0.460 e. The second-order valence-electron chi connectivity index (χ2n) is 7.85. The van der Waals surface area contributed by atoms with E-state index >= 15 is 0 Å². The van der Waals surface area contributed by atoms with Crippen LogP contribution in [0.2, 0.25) is 0 Å². The molecule has 0 aromatic heterocycles. The van der Waals surface area contributed by atoms with Gasteiger partial charge in [-0.05, 0) is 13.8 Å². The van der Waals surface area contributed by atoms with Crippen LogP contribution in [0.1, 0.15) is 13.8 Å². The SMILES string of the molecule is CC(C)OC(=O)C=CC(=O)OC(F)(C(F)(F)F)C(F)(F)C(F)(F)C(F)(F)C(F)(F)C(F)(F)C(F)(F)C(F)(F)C(F)(F)F. The highest BCUT2D eigenvalue weighted by Gasteiger charge is 2.98. The van der Waals surface area contributed by atoms with Crippen molar-refractivity contribution in [2.24, 2.45) is 0 Å². The van der Waals surface area contributed by atoms with E-state index in [1.807, 2.05) is 0 Å². The monoisotopic (exact) mass is 676 g/mol. The number of carbonyl (C=O) groups excluding carboxylic acids is 2. The normalized spacial score (nSPS) is 17.0.